The summed E-state index contributed by atoms with van der Waals surface area (Å²) < 4.78 is 73.0. The molecule has 24 heavy (non-hydrogen) atoms. The van der Waals surface area contributed by atoms with Gasteiger partial charge in [0.25, 0.3) is 0 Å². The third-order valence-electron chi connectivity index (χ3n) is 3.30. The molecule has 2 rings (SSSR count). The van der Waals surface area contributed by atoms with Crippen LogP contribution in [-0.4, -0.2) is 24.6 Å². The summed E-state index contributed by atoms with van der Waals surface area (Å²) in [4.78, 5) is 0. The van der Waals surface area contributed by atoms with Gasteiger partial charge in [-0.3, -0.25) is 4.18 Å². The van der Waals surface area contributed by atoms with Gasteiger partial charge in [-0.1, -0.05) is 25.5 Å². The highest BCUT2D eigenvalue weighted by Gasteiger charge is 2.45. The molecule has 0 fully saturated rings. The Morgan fingerprint density at radius 3 is 2.29 bits per heavy atom. The first-order chi connectivity index (χ1) is 11.0. The van der Waals surface area contributed by atoms with E-state index in [0.29, 0.717) is 17.6 Å². The number of alkyl halides is 3. The number of imidazole rings is 1. The number of hydrogen-bond acceptors (Lipinski definition) is 4. The summed E-state index contributed by atoms with van der Waals surface area (Å²) >= 11 is 0. The molecule has 1 aromatic heterocycles. The molecule has 1 heterocycles. The summed E-state index contributed by atoms with van der Waals surface area (Å²) in [5.41, 5.74) is 1.25. The second-order valence-corrected chi connectivity index (χ2v) is 6.10. The normalized spacial score (nSPS) is 12.1. The Bertz CT molecular complexity index is 785. The minimum Gasteiger partial charge on any atom is -0.726 e. The third kappa shape index (κ3) is 5.18. The molecule has 0 radical (unpaired) electrons. The van der Waals surface area contributed by atoms with Crippen LogP contribution in [0.2, 0.25) is 0 Å². The lowest BCUT2D eigenvalue weighted by atomic mass is 10.3. The molecular formula is C14H19F3N2O4S. The fourth-order valence-corrected chi connectivity index (χ4v) is 2.27. The summed E-state index contributed by atoms with van der Waals surface area (Å²) in [6.07, 6.45) is -2.73. The smallest absolute Gasteiger partial charge is 0.495 e. The fourth-order valence-electron chi connectivity index (χ4n) is 2.27. The number of benzene rings is 1. The highest BCUT2D eigenvalue weighted by molar-refractivity contribution is 7.80. The van der Waals surface area contributed by atoms with Crippen LogP contribution in [0.1, 0.15) is 25.6 Å². The van der Waals surface area contributed by atoms with E-state index >= 15 is 0 Å². The van der Waals surface area contributed by atoms with Gasteiger partial charge in [-0.2, -0.15) is 13.2 Å². The maximum atomic E-state index is 13.1. The van der Waals surface area contributed by atoms with Crippen molar-refractivity contribution in [2.24, 2.45) is 7.05 Å². The Balaban J connectivity index is 0.000000413. The molecule has 0 amide bonds. The summed E-state index contributed by atoms with van der Waals surface area (Å²) in [5.74, 6) is -0.586. The molecule has 0 spiro atoms. The second kappa shape index (κ2) is 7.95. The Labute approximate surface area is 138 Å². The molecule has 0 saturated heterocycles. The molecule has 0 aliphatic rings. The van der Waals surface area contributed by atoms with Crippen molar-refractivity contribution in [2.45, 2.75) is 32.5 Å². The molecule has 0 bridgehead atoms. The Hall–Kier alpha value is -1.65. The van der Waals surface area contributed by atoms with E-state index in [9.17, 15) is 26.1 Å². The molecule has 0 saturated carbocycles. The molecule has 136 valence electrons. The SMILES string of the molecule is CCCCn1c(C(F)(F)F)[n+](C)c2ccccc21.COS(=O)(=O)[O-]. The zero-order valence-corrected chi connectivity index (χ0v) is 14.3. The molecule has 0 unspecified atom stereocenters. The first kappa shape index (κ1) is 20.4. The number of rotatable bonds is 4. The molecule has 0 N–H and O–H groups in total. The van der Waals surface area contributed by atoms with Crippen molar-refractivity contribution in [2.75, 3.05) is 7.11 Å². The number of aromatic nitrogens is 2. The van der Waals surface area contributed by atoms with Gasteiger partial charge in [0.05, 0.1) is 20.7 Å². The molecule has 0 atom stereocenters. The van der Waals surface area contributed by atoms with Crippen molar-refractivity contribution in [1.82, 2.24) is 4.57 Å². The van der Waals surface area contributed by atoms with Crippen molar-refractivity contribution < 1.29 is 34.9 Å². The van der Waals surface area contributed by atoms with Crippen molar-refractivity contribution >= 4 is 21.4 Å². The van der Waals surface area contributed by atoms with E-state index in [2.05, 4.69) is 4.18 Å². The number of unbranched alkanes of at least 4 members (excludes halogenated alkanes) is 1. The first-order valence-electron chi connectivity index (χ1n) is 7.08. The van der Waals surface area contributed by atoms with E-state index < -0.39 is 22.4 Å². The number of aryl methyl sites for hydroxylation is 2. The monoisotopic (exact) mass is 368 g/mol. The van der Waals surface area contributed by atoms with Gasteiger partial charge in [-0.05, 0) is 18.6 Å². The van der Waals surface area contributed by atoms with Crippen LogP contribution in [0.5, 0.6) is 0 Å². The third-order valence-corrected chi connectivity index (χ3v) is 3.71. The fraction of sp³-hybridized carbons (Fsp3) is 0.500. The van der Waals surface area contributed by atoms with Crippen LogP contribution >= 0.6 is 0 Å². The van der Waals surface area contributed by atoms with Crippen molar-refractivity contribution in [3.8, 4) is 0 Å². The maximum absolute atomic E-state index is 13.1. The van der Waals surface area contributed by atoms with Gasteiger partial charge in [-0.25, -0.2) is 17.6 Å². The molecular weight excluding hydrogens is 349 g/mol. The van der Waals surface area contributed by atoms with Crippen LogP contribution in [0, 0.1) is 0 Å². The van der Waals surface area contributed by atoms with Gasteiger partial charge in [0, 0.05) is 0 Å². The van der Waals surface area contributed by atoms with Gasteiger partial charge < -0.3 is 4.55 Å². The molecule has 2 aromatic rings. The molecule has 0 aliphatic heterocycles. The average molecular weight is 368 g/mol. The highest BCUT2D eigenvalue weighted by atomic mass is 32.3. The Kier molecular flexibility index (Phi) is 6.76. The van der Waals surface area contributed by atoms with Gasteiger partial charge in [0.1, 0.15) is 0 Å². The highest BCUT2D eigenvalue weighted by Crippen LogP contribution is 2.30. The van der Waals surface area contributed by atoms with Gasteiger partial charge >= 0.3 is 12.0 Å². The largest absolute Gasteiger partial charge is 0.726 e. The Morgan fingerprint density at radius 1 is 1.29 bits per heavy atom. The van der Waals surface area contributed by atoms with Crippen molar-refractivity contribution in [1.29, 1.82) is 0 Å². The van der Waals surface area contributed by atoms with Crippen molar-refractivity contribution in [3.63, 3.8) is 0 Å². The Morgan fingerprint density at radius 2 is 1.83 bits per heavy atom. The lowest BCUT2D eigenvalue weighted by molar-refractivity contribution is -0.667. The predicted molar refractivity (Wildman–Crippen MR) is 79.7 cm³/mol. The molecule has 0 aliphatic carbocycles. The minimum atomic E-state index is -4.41. The van der Waals surface area contributed by atoms with Crippen LogP contribution in [0.3, 0.4) is 0 Å². The molecule has 1 aromatic carbocycles. The lowest BCUT2D eigenvalue weighted by Gasteiger charge is -2.05. The first-order valence-corrected chi connectivity index (χ1v) is 8.42. The molecule has 10 heteroatoms. The number of para-hydroxylation sites is 2. The summed E-state index contributed by atoms with van der Waals surface area (Å²) in [6.45, 7) is 2.37. The maximum Gasteiger partial charge on any atom is 0.495 e. The standard InChI is InChI=1S/C13H16F3N2.CH4O4S/c1-3-4-9-18-11-8-6-5-7-10(11)17(2)12(18)13(14,15)16;1-5-6(2,3)4/h5-8H,3-4,9H2,1-2H3;1H3,(H,2,3,4)/q+1;/p-1. The van der Waals surface area contributed by atoms with Gasteiger partial charge in [-0.15, -0.1) is 0 Å². The van der Waals surface area contributed by atoms with Crippen LogP contribution in [-0.2, 0) is 34.4 Å². The second-order valence-electron chi connectivity index (χ2n) is 4.95. The van der Waals surface area contributed by atoms with Gasteiger partial charge in [0.15, 0.2) is 11.0 Å². The lowest BCUT2D eigenvalue weighted by Crippen LogP contribution is -2.38. The zero-order chi connectivity index (χ0) is 18.5. The van der Waals surface area contributed by atoms with Crippen LogP contribution in [0.15, 0.2) is 24.3 Å². The number of nitrogens with zero attached hydrogens (tertiary/aromatic N) is 2. The summed E-state index contributed by atoms with van der Waals surface area (Å²) in [5, 5.41) is 0. The summed E-state index contributed by atoms with van der Waals surface area (Å²) in [6, 6.07) is 6.98. The van der Waals surface area contributed by atoms with Crippen molar-refractivity contribution in [3.05, 3.63) is 30.1 Å². The van der Waals surface area contributed by atoms with E-state index in [1.165, 1.54) is 16.2 Å². The van der Waals surface area contributed by atoms with Gasteiger partial charge in [0.2, 0.25) is 10.4 Å². The zero-order valence-electron chi connectivity index (χ0n) is 13.5. The van der Waals surface area contributed by atoms with Crippen LogP contribution < -0.4 is 4.57 Å². The van der Waals surface area contributed by atoms with E-state index in [0.717, 1.165) is 20.0 Å². The van der Waals surface area contributed by atoms with Crippen LogP contribution in [0.4, 0.5) is 13.2 Å². The quantitative estimate of drug-likeness (QED) is 0.472. The number of fused-ring (bicyclic) bond motifs is 1. The van der Waals surface area contributed by atoms with E-state index in [1.54, 1.807) is 24.3 Å². The van der Waals surface area contributed by atoms with Crippen LogP contribution in [0.25, 0.3) is 11.0 Å². The van der Waals surface area contributed by atoms with E-state index in [-0.39, 0.29) is 0 Å². The minimum absolute atomic E-state index is 0.396. The van der Waals surface area contributed by atoms with E-state index in [4.69, 9.17) is 0 Å². The van der Waals surface area contributed by atoms with E-state index in [1.807, 2.05) is 6.92 Å². The summed E-state index contributed by atoms with van der Waals surface area (Å²) in [7, 11) is -2.14. The number of hydrogen-bond donors (Lipinski definition) is 0. The topological polar surface area (TPSA) is 75.2 Å². The predicted octanol–water partition coefficient (Wildman–Crippen LogP) is 2.38. The molecule has 6 nitrogen and oxygen atoms in total. The number of halogens is 3. The average Bonchev–Trinajstić information content (AvgIpc) is 2.78.